The molecule has 0 aromatic heterocycles. The summed E-state index contributed by atoms with van der Waals surface area (Å²) in [5, 5.41) is 2.67. The zero-order valence-corrected chi connectivity index (χ0v) is 12.5. The van der Waals surface area contributed by atoms with Crippen LogP contribution >= 0.6 is 0 Å². The first-order chi connectivity index (χ1) is 9.83. The number of benzene rings is 1. The number of nitrogens with zero attached hydrogens (tertiary/aromatic N) is 1. The van der Waals surface area contributed by atoms with Crippen LogP contribution < -0.4 is 10.0 Å². The first-order valence-corrected chi connectivity index (χ1v) is 8.51. The summed E-state index contributed by atoms with van der Waals surface area (Å²) in [5.74, 6) is -0.372. The Hall–Kier alpha value is -1.67. The van der Waals surface area contributed by atoms with E-state index in [9.17, 15) is 17.6 Å². The number of anilines is 1. The highest BCUT2D eigenvalue weighted by Gasteiger charge is 2.25. The molecule has 0 radical (unpaired) electrons. The third-order valence-electron chi connectivity index (χ3n) is 3.18. The van der Waals surface area contributed by atoms with Gasteiger partial charge in [-0.25, -0.2) is 22.3 Å². The van der Waals surface area contributed by atoms with Crippen molar-refractivity contribution in [1.29, 1.82) is 0 Å². The molecule has 1 aromatic rings. The van der Waals surface area contributed by atoms with Gasteiger partial charge in [-0.2, -0.15) is 0 Å². The molecule has 0 aliphatic carbocycles. The summed E-state index contributed by atoms with van der Waals surface area (Å²) in [6.07, 6.45) is 2.53. The van der Waals surface area contributed by atoms with Crippen molar-refractivity contribution in [2.75, 3.05) is 24.7 Å². The molecule has 6 nitrogen and oxygen atoms in total. The summed E-state index contributed by atoms with van der Waals surface area (Å²) in [4.78, 5) is 13.7. The van der Waals surface area contributed by atoms with Crippen LogP contribution in [0.25, 0.3) is 0 Å². The molecule has 1 atom stereocenters. The first-order valence-electron chi connectivity index (χ1n) is 6.62. The number of amides is 2. The van der Waals surface area contributed by atoms with Gasteiger partial charge in [0.05, 0.1) is 6.26 Å². The SMILES string of the molecule is CS(=O)(=O)N[C@H]1CCCN(C(=O)Nc2ccc(F)cc2)C1. The lowest BCUT2D eigenvalue weighted by Gasteiger charge is -2.32. The van der Waals surface area contributed by atoms with Gasteiger partial charge in [-0.15, -0.1) is 0 Å². The molecular weight excluding hydrogens is 297 g/mol. The van der Waals surface area contributed by atoms with Crippen LogP contribution in [0, 0.1) is 5.82 Å². The average Bonchev–Trinajstić information content (AvgIpc) is 2.40. The molecule has 8 heteroatoms. The molecule has 0 bridgehead atoms. The van der Waals surface area contributed by atoms with Crippen molar-refractivity contribution < 1.29 is 17.6 Å². The lowest BCUT2D eigenvalue weighted by molar-refractivity contribution is 0.190. The average molecular weight is 315 g/mol. The Kier molecular flexibility index (Phi) is 4.79. The third kappa shape index (κ3) is 4.98. The number of rotatable bonds is 3. The van der Waals surface area contributed by atoms with E-state index in [4.69, 9.17) is 0 Å². The van der Waals surface area contributed by atoms with Crippen LogP contribution in [0.1, 0.15) is 12.8 Å². The van der Waals surface area contributed by atoms with Crippen molar-refractivity contribution in [3.05, 3.63) is 30.1 Å². The lowest BCUT2D eigenvalue weighted by atomic mass is 10.1. The molecule has 21 heavy (non-hydrogen) atoms. The van der Waals surface area contributed by atoms with Gasteiger partial charge in [0.2, 0.25) is 10.0 Å². The fraction of sp³-hybridized carbons (Fsp3) is 0.462. The maximum atomic E-state index is 12.8. The Morgan fingerprint density at radius 2 is 2.00 bits per heavy atom. The molecule has 1 fully saturated rings. The molecule has 1 aromatic carbocycles. The van der Waals surface area contributed by atoms with Crippen molar-refractivity contribution in [2.45, 2.75) is 18.9 Å². The number of hydrogen-bond acceptors (Lipinski definition) is 3. The molecule has 1 aliphatic heterocycles. The third-order valence-corrected chi connectivity index (χ3v) is 3.95. The van der Waals surface area contributed by atoms with Gasteiger partial charge in [0.25, 0.3) is 0 Å². The van der Waals surface area contributed by atoms with Gasteiger partial charge in [0, 0.05) is 24.8 Å². The molecule has 1 aliphatic rings. The van der Waals surface area contributed by atoms with E-state index in [1.54, 1.807) is 4.90 Å². The fourth-order valence-electron chi connectivity index (χ4n) is 2.30. The Balaban J connectivity index is 1.94. The molecule has 2 rings (SSSR count). The molecular formula is C13H18FN3O3S. The van der Waals surface area contributed by atoms with Gasteiger partial charge in [0.1, 0.15) is 5.82 Å². The Morgan fingerprint density at radius 3 is 2.62 bits per heavy atom. The second kappa shape index (κ2) is 6.40. The quantitative estimate of drug-likeness (QED) is 0.884. The minimum Gasteiger partial charge on any atom is -0.323 e. The van der Waals surface area contributed by atoms with Crippen LogP contribution in [0.5, 0.6) is 0 Å². The number of halogens is 1. The summed E-state index contributed by atoms with van der Waals surface area (Å²) in [6.45, 7) is 0.884. The van der Waals surface area contributed by atoms with Gasteiger partial charge in [-0.1, -0.05) is 0 Å². The number of hydrogen-bond donors (Lipinski definition) is 2. The van der Waals surface area contributed by atoms with Crippen LogP contribution in [0.4, 0.5) is 14.9 Å². The summed E-state index contributed by atoms with van der Waals surface area (Å²) >= 11 is 0. The summed E-state index contributed by atoms with van der Waals surface area (Å²) < 4.78 is 37.8. The van der Waals surface area contributed by atoms with Crippen molar-refractivity contribution in [1.82, 2.24) is 9.62 Å². The van der Waals surface area contributed by atoms with Crippen LogP contribution in [0.2, 0.25) is 0 Å². The minimum absolute atomic E-state index is 0.271. The van der Waals surface area contributed by atoms with E-state index in [1.807, 2.05) is 0 Å². The predicted molar refractivity (Wildman–Crippen MR) is 78.0 cm³/mol. The fourth-order valence-corrected chi connectivity index (χ4v) is 3.09. The van der Waals surface area contributed by atoms with E-state index >= 15 is 0 Å². The first kappa shape index (κ1) is 15.7. The summed E-state index contributed by atoms with van der Waals surface area (Å²) in [7, 11) is -3.29. The van der Waals surface area contributed by atoms with E-state index in [0.717, 1.165) is 12.7 Å². The molecule has 116 valence electrons. The highest BCUT2D eigenvalue weighted by Crippen LogP contribution is 2.14. The molecule has 2 N–H and O–H groups in total. The lowest BCUT2D eigenvalue weighted by Crippen LogP contribution is -2.50. The second-order valence-electron chi connectivity index (χ2n) is 5.11. The van der Waals surface area contributed by atoms with Crippen LogP contribution in [-0.4, -0.2) is 44.7 Å². The highest BCUT2D eigenvalue weighted by molar-refractivity contribution is 7.88. The number of carbonyl (C=O) groups excluding carboxylic acids is 1. The standard InChI is InChI=1S/C13H18FN3O3S/c1-21(19,20)16-12-3-2-8-17(9-12)13(18)15-11-6-4-10(14)5-7-11/h4-7,12,16H,2-3,8-9H2,1H3,(H,15,18)/t12-/m0/s1. The zero-order valence-electron chi connectivity index (χ0n) is 11.7. The number of carbonyl (C=O) groups is 1. The van der Waals surface area contributed by atoms with E-state index in [0.29, 0.717) is 25.2 Å². The van der Waals surface area contributed by atoms with Gasteiger partial charge in [-0.3, -0.25) is 0 Å². The molecule has 0 spiro atoms. The molecule has 1 heterocycles. The molecule has 1 saturated heterocycles. The Bertz CT molecular complexity index is 604. The summed E-state index contributed by atoms with van der Waals surface area (Å²) in [6, 6.07) is 4.89. The maximum absolute atomic E-state index is 12.8. The number of piperidine rings is 1. The Labute approximate surface area is 123 Å². The topological polar surface area (TPSA) is 78.5 Å². The molecule has 0 saturated carbocycles. The van der Waals surface area contributed by atoms with Crippen molar-refractivity contribution >= 4 is 21.7 Å². The number of urea groups is 1. The van der Waals surface area contributed by atoms with E-state index in [2.05, 4.69) is 10.0 Å². The van der Waals surface area contributed by atoms with E-state index < -0.39 is 10.0 Å². The maximum Gasteiger partial charge on any atom is 0.321 e. The van der Waals surface area contributed by atoms with E-state index in [1.165, 1.54) is 24.3 Å². The van der Waals surface area contributed by atoms with Crippen molar-refractivity contribution in [3.63, 3.8) is 0 Å². The van der Waals surface area contributed by atoms with Gasteiger partial charge < -0.3 is 10.2 Å². The van der Waals surface area contributed by atoms with Gasteiger partial charge >= 0.3 is 6.03 Å². The number of sulfonamides is 1. The zero-order chi connectivity index (χ0) is 15.5. The van der Waals surface area contributed by atoms with Gasteiger partial charge in [-0.05, 0) is 37.1 Å². The van der Waals surface area contributed by atoms with E-state index in [-0.39, 0.29) is 17.9 Å². The molecule has 0 unspecified atom stereocenters. The smallest absolute Gasteiger partial charge is 0.321 e. The normalized spacial score (nSPS) is 19.3. The van der Waals surface area contributed by atoms with Gasteiger partial charge in [0.15, 0.2) is 0 Å². The summed E-state index contributed by atoms with van der Waals surface area (Å²) in [5.41, 5.74) is 0.500. The minimum atomic E-state index is -3.29. The van der Waals surface area contributed by atoms with Crippen LogP contribution in [0.3, 0.4) is 0 Å². The Morgan fingerprint density at radius 1 is 1.33 bits per heavy atom. The second-order valence-corrected chi connectivity index (χ2v) is 6.89. The predicted octanol–water partition coefficient (Wildman–Crippen LogP) is 1.37. The van der Waals surface area contributed by atoms with Crippen molar-refractivity contribution in [3.8, 4) is 0 Å². The molecule has 2 amide bonds. The van der Waals surface area contributed by atoms with Crippen molar-refractivity contribution in [2.24, 2.45) is 0 Å². The van der Waals surface area contributed by atoms with Crippen LogP contribution in [0.15, 0.2) is 24.3 Å². The number of nitrogens with one attached hydrogen (secondary N) is 2. The largest absolute Gasteiger partial charge is 0.323 e. The highest BCUT2D eigenvalue weighted by atomic mass is 32.2. The van der Waals surface area contributed by atoms with Crippen LogP contribution in [-0.2, 0) is 10.0 Å². The monoisotopic (exact) mass is 315 g/mol. The number of likely N-dealkylation sites (tertiary alicyclic amines) is 1.